The Kier molecular flexibility index (Phi) is 9.04. The maximum absolute atomic E-state index is 6.02. The summed E-state index contributed by atoms with van der Waals surface area (Å²) < 4.78 is 6.02. The quantitative estimate of drug-likeness (QED) is 0.229. The van der Waals surface area contributed by atoms with Gasteiger partial charge in [-0.25, -0.2) is 4.98 Å². The van der Waals surface area contributed by atoms with Crippen LogP contribution in [0.4, 0.5) is 5.69 Å². The number of aromatic nitrogens is 1. The van der Waals surface area contributed by atoms with Crippen molar-refractivity contribution in [2.45, 2.75) is 97.9 Å². The number of para-hydroxylation sites is 1. The minimum absolute atomic E-state index is 0.0604. The van der Waals surface area contributed by atoms with Crippen LogP contribution < -0.4 is 10.1 Å². The van der Waals surface area contributed by atoms with E-state index in [1.807, 2.05) is 0 Å². The van der Waals surface area contributed by atoms with Crippen molar-refractivity contribution < 1.29 is 4.74 Å². The summed E-state index contributed by atoms with van der Waals surface area (Å²) >= 11 is 1.73. The largest absolute Gasteiger partial charge is 0.496 e. The molecule has 218 valence electrons. The molecule has 3 nitrogen and oxygen atoms in total. The van der Waals surface area contributed by atoms with Gasteiger partial charge in [-0.2, -0.15) is 0 Å². The van der Waals surface area contributed by atoms with Crippen molar-refractivity contribution in [3.63, 3.8) is 0 Å². The van der Waals surface area contributed by atoms with Crippen LogP contribution in [0, 0.1) is 0 Å². The van der Waals surface area contributed by atoms with E-state index in [1.54, 1.807) is 18.4 Å². The minimum Gasteiger partial charge on any atom is -0.496 e. The Bertz CT molecular complexity index is 1410. The number of methoxy groups -OCH3 is 1. The van der Waals surface area contributed by atoms with Gasteiger partial charge in [-0.05, 0) is 51.5 Å². The number of thiazole rings is 1. The molecule has 0 bridgehead atoms. The van der Waals surface area contributed by atoms with E-state index in [4.69, 9.17) is 9.72 Å². The van der Waals surface area contributed by atoms with Crippen molar-refractivity contribution in [2.24, 2.45) is 0 Å². The first-order valence-corrected chi connectivity index (χ1v) is 15.7. The Morgan fingerprint density at radius 2 is 1.29 bits per heavy atom. The van der Waals surface area contributed by atoms with Crippen LogP contribution in [-0.2, 0) is 10.8 Å². The molecule has 4 heteroatoms. The molecule has 1 unspecified atom stereocenters. The zero-order valence-electron chi connectivity index (χ0n) is 26.8. The van der Waals surface area contributed by atoms with Crippen molar-refractivity contribution in [3.05, 3.63) is 98.9 Å². The molecule has 0 saturated heterocycles. The van der Waals surface area contributed by atoms with Crippen molar-refractivity contribution in [2.75, 3.05) is 12.4 Å². The predicted octanol–water partition coefficient (Wildman–Crippen LogP) is 10.9. The Morgan fingerprint density at radius 1 is 0.756 bits per heavy atom. The minimum atomic E-state index is -0.0673. The van der Waals surface area contributed by atoms with E-state index in [9.17, 15) is 0 Å². The molecule has 1 atom stereocenters. The zero-order chi connectivity index (χ0) is 30.1. The summed E-state index contributed by atoms with van der Waals surface area (Å²) in [5.41, 5.74) is 9.56. The van der Waals surface area contributed by atoms with E-state index in [1.165, 1.54) is 33.5 Å². The number of rotatable bonds is 8. The predicted molar refractivity (Wildman–Crippen MR) is 178 cm³/mol. The van der Waals surface area contributed by atoms with E-state index in [0.29, 0.717) is 11.8 Å². The van der Waals surface area contributed by atoms with Gasteiger partial charge in [-0.3, -0.25) is 0 Å². The van der Waals surface area contributed by atoms with Crippen molar-refractivity contribution in [1.29, 1.82) is 0 Å². The van der Waals surface area contributed by atoms with Crippen molar-refractivity contribution in [3.8, 4) is 17.0 Å². The summed E-state index contributed by atoms with van der Waals surface area (Å²) in [6, 6.07) is 21.9. The van der Waals surface area contributed by atoms with E-state index < -0.39 is 0 Å². The third-order valence-corrected chi connectivity index (χ3v) is 8.68. The van der Waals surface area contributed by atoms with Gasteiger partial charge in [0, 0.05) is 27.8 Å². The van der Waals surface area contributed by atoms with Gasteiger partial charge in [-0.15, -0.1) is 11.3 Å². The molecule has 1 heterocycles. The van der Waals surface area contributed by atoms with Crippen LogP contribution in [0.3, 0.4) is 0 Å². The third kappa shape index (κ3) is 6.70. The van der Waals surface area contributed by atoms with E-state index in [2.05, 4.69) is 141 Å². The summed E-state index contributed by atoms with van der Waals surface area (Å²) in [6.07, 6.45) is 0. The highest BCUT2D eigenvalue weighted by Crippen LogP contribution is 2.44. The van der Waals surface area contributed by atoms with Crippen LogP contribution in [0.25, 0.3) is 11.3 Å². The van der Waals surface area contributed by atoms with E-state index in [0.717, 1.165) is 22.0 Å². The molecule has 4 rings (SSSR count). The standard InChI is InChI=1S/C37H48N2OS/c1-23(2)27-18-15-19-28(24(3)4)33(27)39-32(25-16-13-12-14-17-25)35-38-31(22-41-35)26-20-29(36(5,6)7)34(40-11)30(21-26)37(8,9)10/h12-24,32,39H,1-11H3. The molecule has 0 spiro atoms. The molecule has 0 saturated carbocycles. The Labute approximate surface area is 252 Å². The molecular weight excluding hydrogens is 520 g/mol. The first-order chi connectivity index (χ1) is 19.2. The molecule has 1 aromatic heterocycles. The number of nitrogens with one attached hydrogen (secondary N) is 1. The summed E-state index contributed by atoms with van der Waals surface area (Å²) in [5.74, 6) is 1.80. The van der Waals surface area contributed by atoms with Gasteiger partial charge in [-0.1, -0.05) is 118 Å². The van der Waals surface area contributed by atoms with Crippen LogP contribution in [0.2, 0.25) is 0 Å². The lowest BCUT2D eigenvalue weighted by atomic mass is 9.78. The van der Waals surface area contributed by atoms with Crippen LogP contribution >= 0.6 is 11.3 Å². The summed E-state index contributed by atoms with van der Waals surface area (Å²) in [6.45, 7) is 22.6. The second-order valence-electron chi connectivity index (χ2n) is 13.8. The zero-order valence-corrected chi connectivity index (χ0v) is 27.7. The average Bonchev–Trinajstić information content (AvgIpc) is 3.40. The highest BCUT2D eigenvalue weighted by molar-refractivity contribution is 7.10. The van der Waals surface area contributed by atoms with E-state index >= 15 is 0 Å². The molecule has 0 aliphatic rings. The second-order valence-corrected chi connectivity index (χ2v) is 14.7. The monoisotopic (exact) mass is 568 g/mol. The van der Waals surface area contributed by atoms with E-state index in [-0.39, 0.29) is 16.9 Å². The van der Waals surface area contributed by atoms with Gasteiger partial charge in [0.05, 0.1) is 12.8 Å². The van der Waals surface area contributed by atoms with Gasteiger partial charge < -0.3 is 10.1 Å². The number of anilines is 1. The van der Waals surface area contributed by atoms with Gasteiger partial charge in [0.2, 0.25) is 0 Å². The average molecular weight is 569 g/mol. The first kappa shape index (κ1) is 30.8. The highest BCUT2D eigenvalue weighted by Gasteiger charge is 2.29. The summed E-state index contributed by atoms with van der Waals surface area (Å²) in [7, 11) is 1.79. The maximum Gasteiger partial charge on any atom is 0.126 e. The van der Waals surface area contributed by atoms with Crippen LogP contribution in [-0.4, -0.2) is 12.1 Å². The highest BCUT2D eigenvalue weighted by atomic mass is 32.1. The maximum atomic E-state index is 6.02. The second kappa shape index (κ2) is 12.0. The summed E-state index contributed by atoms with van der Waals surface area (Å²) in [4.78, 5) is 5.32. The van der Waals surface area contributed by atoms with Crippen LogP contribution in [0.15, 0.2) is 66.0 Å². The molecule has 0 aliphatic heterocycles. The summed E-state index contributed by atoms with van der Waals surface area (Å²) in [5, 5.41) is 7.27. The Balaban J connectivity index is 1.87. The molecule has 0 radical (unpaired) electrons. The normalized spacial score (nSPS) is 13.1. The van der Waals surface area contributed by atoms with Crippen LogP contribution in [0.1, 0.15) is 120 Å². The van der Waals surface area contributed by atoms with Crippen molar-refractivity contribution >= 4 is 17.0 Å². The third-order valence-electron chi connectivity index (χ3n) is 7.77. The molecule has 0 amide bonds. The van der Waals surface area contributed by atoms with Crippen molar-refractivity contribution in [1.82, 2.24) is 4.98 Å². The lowest BCUT2D eigenvalue weighted by Crippen LogP contribution is -2.19. The SMILES string of the molecule is COc1c(C(C)(C)C)cc(-c2csc(C(Nc3c(C(C)C)cccc3C(C)C)c3ccccc3)n2)cc1C(C)(C)C. The molecule has 3 aromatic carbocycles. The first-order valence-electron chi connectivity index (χ1n) is 14.9. The lowest BCUT2D eigenvalue weighted by molar-refractivity contribution is 0.381. The van der Waals surface area contributed by atoms with Crippen LogP contribution in [0.5, 0.6) is 5.75 Å². The fourth-order valence-corrected chi connectivity index (χ4v) is 6.36. The van der Waals surface area contributed by atoms with Gasteiger partial charge >= 0.3 is 0 Å². The fourth-order valence-electron chi connectivity index (χ4n) is 5.46. The van der Waals surface area contributed by atoms with Gasteiger partial charge in [0.1, 0.15) is 16.8 Å². The lowest BCUT2D eigenvalue weighted by Gasteiger charge is -2.29. The molecule has 4 aromatic rings. The Hall–Kier alpha value is -3.11. The molecule has 41 heavy (non-hydrogen) atoms. The number of hydrogen-bond acceptors (Lipinski definition) is 4. The Morgan fingerprint density at radius 3 is 1.76 bits per heavy atom. The number of nitrogens with zero attached hydrogens (tertiary/aromatic N) is 1. The van der Waals surface area contributed by atoms with Gasteiger partial charge in [0.15, 0.2) is 0 Å². The smallest absolute Gasteiger partial charge is 0.126 e. The molecule has 1 N–H and O–H groups in total. The molecular formula is C37H48N2OS. The fraction of sp³-hybridized carbons (Fsp3) is 0.432. The number of benzene rings is 3. The number of ether oxygens (including phenoxy) is 1. The topological polar surface area (TPSA) is 34.1 Å². The molecule has 0 fully saturated rings. The number of hydrogen-bond donors (Lipinski definition) is 1. The molecule has 0 aliphatic carbocycles. The van der Waals surface area contributed by atoms with Gasteiger partial charge in [0.25, 0.3) is 0 Å².